The summed E-state index contributed by atoms with van der Waals surface area (Å²) in [7, 11) is 1.84. The van der Waals surface area contributed by atoms with E-state index in [4.69, 9.17) is 0 Å². The van der Waals surface area contributed by atoms with Crippen LogP contribution in [-0.4, -0.2) is 38.2 Å². The van der Waals surface area contributed by atoms with Crippen molar-refractivity contribution in [3.05, 3.63) is 51.7 Å². The van der Waals surface area contributed by atoms with E-state index in [0.717, 1.165) is 24.2 Å². The number of carbonyl (C=O) groups excluding carboxylic acids is 1. The zero-order valence-corrected chi connectivity index (χ0v) is 15.7. The van der Waals surface area contributed by atoms with E-state index in [9.17, 15) is 9.59 Å². The number of piperidine rings is 1. The second kappa shape index (κ2) is 6.41. The average Bonchev–Trinajstić information content (AvgIpc) is 2.94. The number of nitrogens with zero attached hydrogens (tertiary/aromatic N) is 4. The predicted molar refractivity (Wildman–Crippen MR) is 99.2 cm³/mol. The molecule has 0 saturated carbocycles. The van der Waals surface area contributed by atoms with Gasteiger partial charge in [0.1, 0.15) is 5.69 Å². The topological polar surface area (TPSA) is 60.1 Å². The standard InChI is InChI=1S/C20H26N4O2/c1-13(2)7-16-9-18(22(3)21-16)20(26)23-10-14-8-15(12-23)17-5-4-6-19(25)24(17)11-14/h4-6,9,13-15H,7-8,10-12H2,1-3H3/t14-,15?/m0/s1. The molecule has 2 bridgehead atoms. The second-order valence-corrected chi connectivity index (χ2v) is 8.15. The molecule has 0 aliphatic carbocycles. The van der Waals surface area contributed by atoms with Gasteiger partial charge < -0.3 is 9.47 Å². The van der Waals surface area contributed by atoms with Crippen LogP contribution in [0.2, 0.25) is 0 Å². The summed E-state index contributed by atoms with van der Waals surface area (Å²) in [5.74, 6) is 1.14. The largest absolute Gasteiger partial charge is 0.336 e. The van der Waals surface area contributed by atoms with Gasteiger partial charge in [-0.1, -0.05) is 19.9 Å². The zero-order chi connectivity index (χ0) is 18.4. The first-order chi connectivity index (χ1) is 12.4. The smallest absolute Gasteiger partial charge is 0.272 e. The molecule has 138 valence electrons. The zero-order valence-electron chi connectivity index (χ0n) is 15.7. The molecule has 6 heteroatoms. The Morgan fingerprint density at radius 1 is 1.27 bits per heavy atom. The lowest BCUT2D eigenvalue weighted by atomic mass is 9.83. The minimum atomic E-state index is 0.0523. The summed E-state index contributed by atoms with van der Waals surface area (Å²) >= 11 is 0. The Labute approximate surface area is 153 Å². The van der Waals surface area contributed by atoms with E-state index in [0.29, 0.717) is 37.2 Å². The molecular weight excluding hydrogens is 328 g/mol. The quantitative estimate of drug-likeness (QED) is 0.847. The van der Waals surface area contributed by atoms with Gasteiger partial charge in [-0.25, -0.2) is 0 Å². The van der Waals surface area contributed by atoms with E-state index >= 15 is 0 Å². The van der Waals surface area contributed by atoms with Crippen molar-refractivity contribution in [3.8, 4) is 0 Å². The predicted octanol–water partition coefficient (Wildman–Crippen LogP) is 2.04. The van der Waals surface area contributed by atoms with Gasteiger partial charge in [0.05, 0.1) is 5.69 Å². The molecule has 0 radical (unpaired) electrons. The Morgan fingerprint density at radius 2 is 2.08 bits per heavy atom. The normalized spacial score (nSPS) is 21.8. The van der Waals surface area contributed by atoms with Gasteiger partial charge in [-0.2, -0.15) is 5.10 Å². The fourth-order valence-corrected chi connectivity index (χ4v) is 4.47. The molecule has 6 nitrogen and oxygen atoms in total. The summed E-state index contributed by atoms with van der Waals surface area (Å²) in [6.45, 7) is 6.40. The van der Waals surface area contributed by atoms with E-state index < -0.39 is 0 Å². The van der Waals surface area contributed by atoms with Gasteiger partial charge in [-0.15, -0.1) is 0 Å². The molecule has 4 heterocycles. The van der Waals surface area contributed by atoms with Crippen LogP contribution in [0.3, 0.4) is 0 Å². The van der Waals surface area contributed by atoms with Gasteiger partial charge in [0.15, 0.2) is 0 Å². The summed E-state index contributed by atoms with van der Waals surface area (Å²) in [5.41, 5.74) is 2.77. The van der Waals surface area contributed by atoms with Crippen LogP contribution >= 0.6 is 0 Å². The SMILES string of the molecule is CC(C)Cc1cc(C(=O)N2CC3C[C@@H](C2)Cn2c3cccc2=O)n(C)n1. The molecule has 0 aromatic carbocycles. The number of carbonyl (C=O) groups is 1. The number of aromatic nitrogens is 3. The van der Waals surface area contributed by atoms with Crippen LogP contribution in [0.25, 0.3) is 0 Å². The van der Waals surface area contributed by atoms with Crippen molar-refractivity contribution in [2.24, 2.45) is 18.9 Å². The van der Waals surface area contributed by atoms with Gasteiger partial charge in [0, 0.05) is 44.4 Å². The molecule has 4 rings (SSSR count). The summed E-state index contributed by atoms with van der Waals surface area (Å²) in [5, 5.41) is 4.51. The Balaban J connectivity index is 1.58. The Kier molecular flexibility index (Phi) is 4.21. The highest BCUT2D eigenvalue weighted by Gasteiger charge is 2.37. The van der Waals surface area contributed by atoms with E-state index in [2.05, 4.69) is 18.9 Å². The monoisotopic (exact) mass is 354 g/mol. The molecule has 0 spiro atoms. The summed E-state index contributed by atoms with van der Waals surface area (Å²) in [4.78, 5) is 27.2. The molecular formula is C20H26N4O2. The summed E-state index contributed by atoms with van der Waals surface area (Å²) in [6.07, 6.45) is 1.93. The summed E-state index contributed by atoms with van der Waals surface area (Å²) < 4.78 is 3.61. The van der Waals surface area contributed by atoms with E-state index in [1.807, 2.05) is 34.7 Å². The molecule has 1 unspecified atom stereocenters. The number of pyridine rings is 1. The molecule has 0 N–H and O–H groups in total. The van der Waals surface area contributed by atoms with Crippen LogP contribution in [0.1, 0.15) is 48.1 Å². The molecule has 1 saturated heterocycles. The molecule has 1 fully saturated rings. The van der Waals surface area contributed by atoms with Crippen molar-refractivity contribution in [2.75, 3.05) is 13.1 Å². The van der Waals surface area contributed by atoms with Gasteiger partial charge in [-0.3, -0.25) is 14.3 Å². The van der Waals surface area contributed by atoms with Crippen LogP contribution in [0, 0.1) is 11.8 Å². The number of rotatable bonds is 3. The molecule has 1 amide bonds. The minimum absolute atomic E-state index is 0.0523. The Morgan fingerprint density at radius 3 is 2.85 bits per heavy atom. The Hall–Kier alpha value is -2.37. The van der Waals surface area contributed by atoms with Gasteiger partial charge in [-0.05, 0) is 36.8 Å². The van der Waals surface area contributed by atoms with Gasteiger partial charge in [0.2, 0.25) is 0 Å². The van der Waals surface area contributed by atoms with Crippen molar-refractivity contribution < 1.29 is 4.79 Å². The van der Waals surface area contributed by atoms with Gasteiger partial charge >= 0.3 is 0 Å². The van der Waals surface area contributed by atoms with Crippen molar-refractivity contribution in [3.63, 3.8) is 0 Å². The van der Waals surface area contributed by atoms with Crippen LogP contribution in [-0.2, 0) is 20.0 Å². The van der Waals surface area contributed by atoms with Crippen LogP contribution in [0.15, 0.2) is 29.1 Å². The number of hydrogen-bond acceptors (Lipinski definition) is 3. The molecule has 2 atom stereocenters. The third kappa shape index (κ3) is 2.97. The number of amides is 1. The van der Waals surface area contributed by atoms with E-state index in [-0.39, 0.29) is 17.4 Å². The first-order valence-corrected chi connectivity index (χ1v) is 9.44. The van der Waals surface area contributed by atoms with Crippen molar-refractivity contribution in [2.45, 2.75) is 39.2 Å². The van der Waals surface area contributed by atoms with Crippen LogP contribution in [0.5, 0.6) is 0 Å². The van der Waals surface area contributed by atoms with E-state index in [1.54, 1.807) is 10.7 Å². The fourth-order valence-electron chi connectivity index (χ4n) is 4.47. The lowest BCUT2D eigenvalue weighted by Crippen LogP contribution is -2.49. The highest BCUT2D eigenvalue weighted by Crippen LogP contribution is 2.35. The highest BCUT2D eigenvalue weighted by atomic mass is 16.2. The third-order valence-electron chi connectivity index (χ3n) is 5.53. The number of hydrogen-bond donors (Lipinski definition) is 0. The van der Waals surface area contributed by atoms with Crippen molar-refractivity contribution in [1.82, 2.24) is 19.2 Å². The number of likely N-dealkylation sites (tertiary alicyclic amines) is 1. The molecule has 26 heavy (non-hydrogen) atoms. The van der Waals surface area contributed by atoms with Gasteiger partial charge in [0.25, 0.3) is 11.5 Å². The van der Waals surface area contributed by atoms with Crippen molar-refractivity contribution >= 4 is 5.91 Å². The lowest BCUT2D eigenvalue weighted by molar-refractivity contribution is 0.0584. The molecule has 2 aliphatic heterocycles. The summed E-state index contributed by atoms with van der Waals surface area (Å²) in [6, 6.07) is 7.42. The van der Waals surface area contributed by atoms with E-state index in [1.165, 1.54) is 0 Å². The van der Waals surface area contributed by atoms with Crippen LogP contribution < -0.4 is 5.56 Å². The second-order valence-electron chi connectivity index (χ2n) is 8.15. The highest BCUT2D eigenvalue weighted by molar-refractivity contribution is 5.92. The maximum Gasteiger partial charge on any atom is 0.272 e. The minimum Gasteiger partial charge on any atom is -0.336 e. The van der Waals surface area contributed by atoms with Crippen molar-refractivity contribution in [1.29, 1.82) is 0 Å². The first kappa shape index (κ1) is 17.1. The average molecular weight is 354 g/mol. The van der Waals surface area contributed by atoms with Crippen LogP contribution in [0.4, 0.5) is 0 Å². The number of fused-ring (bicyclic) bond motifs is 4. The molecule has 2 aliphatic rings. The number of aryl methyl sites for hydroxylation is 1. The maximum atomic E-state index is 13.1. The maximum absolute atomic E-state index is 13.1. The third-order valence-corrected chi connectivity index (χ3v) is 5.53. The Bertz CT molecular complexity index is 895. The molecule has 2 aromatic heterocycles. The lowest BCUT2D eigenvalue weighted by Gasteiger charge is -2.42. The first-order valence-electron chi connectivity index (χ1n) is 9.44. The molecule has 2 aromatic rings. The fraction of sp³-hybridized carbons (Fsp3) is 0.550.